The highest BCUT2D eigenvalue weighted by atomic mass is 16.5. The number of hydrogen-bond acceptors (Lipinski definition) is 4. The number of carbonyl (C=O) groups is 1. The Balaban J connectivity index is 2.48. The van der Waals surface area contributed by atoms with Crippen molar-refractivity contribution in [3.63, 3.8) is 0 Å². The number of ether oxygens (including phenoxy) is 2. The molecule has 0 radical (unpaired) electrons. The van der Waals surface area contributed by atoms with Gasteiger partial charge in [0, 0.05) is 17.3 Å². The van der Waals surface area contributed by atoms with Crippen molar-refractivity contribution in [2.45, 2.75) is 38.6 Å². The maximum Gasteiger partial charge on any atom is 0.325 e. The van der Waals surface area contributed by atoms with Gasteiger partial charge < -0.3 is 14.4 Å². The van der Waals surface area contributed by atoms with Crippen molar-refractivity contribution < 1.29 is 14.3 Å². The molecule has 1 aliphatic rings. The topological polar surface area (TPSA) is 38.8 Å². The second kappa shape index (κ2) is 5.35. The van der Waals surface area contributed by atoms with Gasteiger partial charge in [-0.15, -0.1) is 0 Å². The molecule has 0 saturated heterocycles. The lowest BCUT2D eigenvalue weighted by Crippen LogP contribution is -2.50. The Hall–Kier alpha value is -1.71. The summed E-state index contributed by atoms with van der Waals surface area (Å²) >= 11 is 0. The van der Waals surface area contributed by atoms with Crippen LogP contribution in [0.3, 0.4) is 0 Å². The van der Waals surface area contributed by atoms with Crippen LogP contribution in [-0.4, -0.2) is 32.3 Å². The molecule has 0 fully saturated rings. The summed E-state index contributed by atoms with van der Waals surface area (Å²) in [5.74, 6) is 1.05. The minimum atomic E-state index is -0.221. The molecule has 0 N–H and O–H groups in total. The zero-order valence-electron chi connectivity index (χ0n) is 12.9. The number of hydrogen-bond donors (Lipinski definition) is 0. The molecular weight excluding hydrogens is 254 g/mol. The number of benzene rings is 1. The second-order valence-electron chi connectivity index (χ2n) is 6.00. The second-order valence-corrected chi connectivity index (χ2v) is 6.00. The first-order chi connectivity index (χ1) is 9.39. The summed E-state index contributed by atoms with van der Waals surface area (Å²) in [7, 11) is 3.08. The Morgan fingerprint density at radius 3 is 2.70 bits per heavy atom. The van der Waals surface area contributed by atoms with Crippen molar-refractivity contribution in [3.8, 4) is 5.75 Å². The van der Waals surface area contributed by atoms with E-state index in [1.807, 2.05) is 12.1 Å². The summed E-state index contributed by atoms with van der Waals surface area (Å²) in [6, 6.07) is 6.08. The molecule has 2 rings (SSSR count). The van der Waals surface area contributed by atoms with Gasteiger partial charge in [0.15, 0.2) is 0 Å². The van der Waals surface area contributed by atoms with Crippen molar-refractivity contribution in [2.75, 3.05) is 25.7 Å². The first-order valence-corrected chi connectivity index (χ1v) is 6.91. The van der Waals surface area contributed by atoms with Crippen molar-refractivity contribution >= 4 is 11.7 Å². The van der Waals surface area contributed by atoms with Gasteiger partial charge >= 0.3 is 5.97 Å². The zero-order valence-corrected chi connectivity index (χ0v) is 12.9. The summed E-state index contributed by atoms with van der Waals surface area (Å²) in [6.45, 7) is 6.81. The van der Waals surface area contributed by atoms with E-state index >= 15 is 0 Å². The lowest BCUT2D eigenvalue weighted by atomic mass is 9.80. The third-order valence-corrected chi connectivity index (χ3v) is 4.11. The van der Waals surface area contributed by atoms with E-state index < -0.39 is 0 Å². The van der Waals surface area contributed by atoms with Gasteiger partial charge in [-0.1, -0.05) is 13.0 Å². The highest BCUT2D eigenvalue weighted by Crippen LogP contribution is 2.44. The number of methoxy groups -OCH3 is 2. The van der Waals surface area contributed by atoms with E-state index in [1.54, 1.807) is 7.11 Å². The number of rotatable bonds is 3. The van der Waals surface area contributed by atoms with Crippen LogP contribution in [0.4, 0.5) is 5.69 Å². The first-order valence-electron chi connectivity index (χ1n) is 6.91. The monoisotopic (exact) mass is 277 g/mol. The van der Waals surface area contributed by atoms with Gasteiger partial charge in [-0.3, -0.25) is 4.79 Å². The van der Waals surface area contributed by atoms with Crippen molar-refractivity contribution in [1.82, 2.24) is 0 Å². The largest absolute Gasteiger partial charge is 0.497 e. The van der Waals surface area contributed by atoms with E-state index in [4.69, 9.17) is 9.47 Å². The van der Waals surface area contributed by atoms with Crippen LogP contribution in [0.2, 0.25) is 0 Å². The number of esters is 1. The standard InChI is InChI=1S/C16H23NO3/c1-11-9-16(2,3)17(10-15(18)20-5)14-8-12(19-4)6-7-13(11)14/h6-8,11H,9-10H2,1-5H3/t11-/m1/s1. The van der Waals surface area contributed by atoms with Crippen LogP contribution in [0.5, 0.6) is 5.75 Å². The quantitative estimate of drug-likeness (QED) is 0.796. The van der Waals surface area contributed by atoms with Crippen molar-refractivity contribution in [1.29, 1.82) is 0 Å². The number of carbonyl (C=O) groups excluding carboxylic acids is 1. The molecule has 0 bridgehead atoms. The molecule has 0 saturated carbocycles. The molecule has 1 aliphatic heterocycles. The average Bonchev–Trinajstić information content (AvgIpc) is 2.41. The lowest BCUT2D eigenvalue weighted by molar-refractivity contribution is -0.139. The van der Waals surface area contributed by atoms with Gasteiger partial charge in [0.2, 0.25) is 0 Å². The van der Waals surface area contributed by atoms with E-state index in [1.165, 1.54) is 12.7 Å². The zero-order chi connectivity index (χ0) is 14.9. The van der Waals surface area contributed by atoms with Crippen LogP contribution in [-0.2, 0) is 9.53 Å². The average molecular weight is 277 g/mol. The van der Waals surface area contributed by atoms with E-state index in [0.29, 0.717) is 5.92 Å². The molecule has 0 aromatic heterocycles. The third-order valence-electron chi connectivity index (χ3n) is 4.11. The maximum atomic E-state index is 11.7. The Morgan fingerprint density at radius 1 is 1.40 bits per heavy atom. The smallest absolute Gasteiger partial charge is 0.325 e. The van der Waals surface area contributed by atoms with Crippen LogP contribution >= 0.6 is 0 Å². The van der Waals surface area contributed by atoms with Crippen LogP contribution in [0.25, 0.3) is 0 Å². The fraction of sp³-hybridized carbons (Fsp3) is 0.562. The minimum absolute atomic E-state index is 0.0903. The van der Waals surface area contributed by atoms with Crippen molar-refractivity contribution in [3.05, 3.63) is 23.8 Å². The highest BCUT2D eigenvalue weighted by molar-refractivity contribution is 5.78. The van der Waals surface area contributed by atoms with Gasteiger partial charge in [-0.25, -0.2) is 0 Å². The molecule has 1 aromatic carbocycles. The molecule has 1 atom stereocenters. The Labute approximate surface area is 120 Å². The van der Waals surface area contributed by atoms with E-state index in [-0.39, 0.29) is 18.1 Å². The van der Waals surface area contributed by atoms with Gasteiger partial charge in [-0.05, 0) is 37.8 Å². The molecule has 0 aliphatic carbocycles. The Bertz CT molecular complexity index is 510. The molecule has 110 valence electrons. The fourth-order valence-corrected chi connectivity index (χ4v) is 3.09. The molecule has 0 spiro atoms. The molecule has 1 aromatic rings. The molecule has 1 heterocycles. The van der Waals surface area contributed by atoms with Gasteiger partial charge in [0.1, 0.15) is 12.3 Å². The fourth-order valence-electron chi connectivity index (χ4n) is 3.09. The highest BCUT2D eigenvalue weighted by Gasteiger charge is 2.37. The van der Waals surface area contributed by atoms with Gasteiger partial charge in [0.05, 0.1) is 14.2 Å². The van der Waals surface area contributed by atoms with E-state index in [2.05, 4.69) is 31.7 Å². The number of anilines is 1. The third kappa shape index (κ3) is 2.60. The summed E-state index contributed by atoms with van der Waals surface area (Å²) in [4.78, 5) is 13.8. The Morgan fingerprint density at radius 2 is 2.10 bits per heavy atom. The Kier molecular flexibility index (Phi) is 3.93. The van der Waals surface area contributed by atoms with Crippen LogP contribution in [0.1, 0.15) is 38.7 Å². The summed E-state index contributed by atoms with van der Waals surface area (Å²) in [5.41, 5.74) is 2.24. The molecule has 4 nitrogen and oxygen atoms in total. The van der Waals surface area contributed by atoms with Crippen molar-refractivity contribution in [2.24, 2.45) is 0 Å². The van der Waals surface area contributed by atoms with Crippen LogP contribution < -0.4 is 9.64 Å². The maximum absolute atomic E-state index is 11.7. The summed E-state index contributed by atoms with van der Waals surface area (Å²) in [5, 5.41) is 0. The number of nitrogens with zero attached hydrogens (tertiary/aromatic N) is 1. The molecule has 0 unspecified atom stereocenters. The number of fused-ring (bicyclic) bond motifs is 1. The van der Waals surface area contributed by atoms with Crippen LogP contribution in [0, 0.1) is 0 Å². The van der Waals surface area contributed by atoms with Gasteiger partial charge in [-0.2, -0.15) is 0 Å². The predicted molar refractivity (Wildman–Crippen MR) is 79.5 cm³/mol. The van der Waals surface area contributed by atoms with E-state index in [9.17, 15) is 4.79 Å². The predicted octanol–water partition coefficient (Wildman–Crippen LogP) is 2.96. The molecule has 0 amide bonds. The first kappa shape index (κ1) is 14.7. The van der Waals surface area contributed by atoms with Crippen LogP contribution in [0.15, 0.2) is 18.2 Å². The molecule has 20 heavy (non-hydrogen) atoms. The van der Waals surface area contributed by atoms with Gasteiger partial charge in [0.25, 0.3) is 0 Å². The summed E-state index contributed by atoms with van der Waals surface area (Å²) in [6.07, 6.45) is 1.00. The molecular formula is C16H23NO3. The summed E-state index contributed by atoms with van der Waals surface area (Å²) < 4.78 is 10.2. The SMILES string of the molecule is COC(=O)CN1c2cc(OC)ccc2[C@H](C)CC1(C)C. The minimum Gasteiger partial charge on any atom is -0.497 e. The van der Waals surface area contributed by atoms with E-state index in [0.717, 1.165) is 17.9 Å². The lowest BCUT2D eigenvalue weighted by Gasteiger charge is -2.47. The normalized spacial score (nSPS) is 20.2. The molecule has 4 heteroatoms.